The maximum atomic E-state index is 4.99. The first-order chi connectivity index (χ1) is 2.84. The summed E-state index contributed by atoms with van der Waals surface area (Å²) >= 11 is 4.01. The van der Waals surface area contributed by atoms with Crippen molar-refractivity contribution in [2.75, 3.05) is 5.75 Å². The predicted molar refractivity (Wildman–Crippen MR) is 28.2 cm³/mol. The molecule has 2 heteroatoms. The van der Waals surface area contributed by atoms with Crippen LogP contribution in [0.1, 0.15) is 6.92 Å². The van der Waals surface area contributed by atoms with Gasteiger partial charge in [0.1, 0.15) is 0 Å². The molecular weight excluding hydrogens is 96.1 g/mol. The van der Waals surface area contributed by atoms with E-state index in [-0.39, 0.29) is 0 Å². The Morgan fingerprint density at radius 1 is 1.83 bits per heavy atom. The average molecular weight is 104 g/mol. The quantitative estimate of drug-likeness (QED) is 0.381. The second kappa shape index (κ2) is 1.43. The highest BCUT2D eigenvalue weighted by Gasteiger charge is 2.31. The van der Waals surface area contributed by atoms with Gasteiger partial charge in [-0.1, -0.05) is 0 Å². The van der Waals surface area contributed by atoms with Crippen LogP contribution in [-0.2, 0) is 4.74 Å². The molecule has 2 atom stereocenters. The molecule has 0 aromatic carbocycles. The zero-order valence-electron chi connectivity index (χ0n) is 3.72. The molecule has 0 aromatic rings. The average Bonchev–Trinajstić information content (AvgIpc) is 2.19. The molecular formula is C4H8OS. The van der Waals surface area contributed by atoms with E-state index in [1.807, 2.05) is 0 Å². The molecule has 1 fully saturated rings. The summed E-state index contributed by atoms with van der Waals surface area (Å²) in [5, 5.41) is 0. The smallest absolute Gasteiger partial charge is 0.0926 e. The summed E-state index contributed by atoms with van der Waals surface area (Å²) in [6.07, 6.45) is 0.954. The Morgan fingerprint density at radius 3 is 2.33 bits per heavy atom. The van der Waals surface area contributed by atoms with Crippen molar-refractivity contribution in [3.63, 3.8) is 0 Å². The van der Waals surface area contributed by atoms with Gasteiger partial charge in [0.2, 0.25) is 0 Å². The highest BCUT2D eigenvalue weighted by atomic mass is 32.1. The Hall–Kier alpha value is 0.310. The molecule has 36 valence electrons. The molecule has 1 aliphatic rings. The monoisotopic (exact) mass is 104 g/mol. The fourth-order valence-electron chi connectivity index (χ4n) is 0.422. The summed E-state index contributed by atoms with van der Waals surface area (Å²) in [4.78, 5) is 0. The molecule has 0 N–H and O–H groups in total. The van der Waals surface area contributed by atoms with Crippen LogP contribution < -0.4 is 0 Å². The first-order valence-corrected chi connectivity index (χ1v) is 2.74. The Labute approximate surface area is 43.1 Å². The van der Waals surface area contributed by atoms with Gasteiger partial charge in [-0.3, -0.25) is 0 Å². The van der Waals surface area contributed by atoms with Crippen molar-refractivity contribution in [2.24, 2.45) is 0 Å². The Kier molecular flexibility index (Phi) is 1.06. The summed E-state index contributed by atoms with van der Waals surface area (Å²) in [5.41, 5.74) is 0. The molecule has 2 unspecified atom stereocenters. The number of hydrogen-bond donors (Lipinski definition) is 1. The van der Waals surface area contributed by atoms with E-state index in [0.717, 1.165) is 5.75 Å². The lowest BCUT2D eigenvalue weighted by Crippen LogP contribution is -1.87. The minimum Gasteiger partial charge on any atom is -0.369 e. The third-order valence-corrected chi connectivity index (χ3v) is 1.38. The van der Waals surface area contributed by atoms with E-state index in [4.69, 9.17) is 4.74 Å². The first kappa shape index (κ1) is 4.47. The van der Waals surface area contributed by atoms with Gasteiger partial charge in [-0.15, -0.1) is 0 Å². The van der Waals surface area contributed by atoms with Crippen LogP contribution in [0.4, 0.5) is 0 Å². The molecule has 6 heavy (non-hydrogen) atoms. The van der Waals surface area contributed by atoms with Gasteiger partial charge in [0.15, 0.2) is 0 Å². The third-order valence-electron chi connectivity index (χ3n) is 1.02. The standard InChI is InChI=1S/C4H8OS/c1-3-4(2-6)5-3/h3-4,6H,2H2,1H3. The van der Waals surface area contributed by atoms with Crippen LogP contribution in [0.3, 0.4) is 0 Å². The molecule has 1 rings (SSSR count). The van der Waals surface area contributed by atoms with Crippen LogP contribution in [0.5, 0.6) is 0 Å². The second-order valence-corrected chi connectivity index (χ2v) is 1.93. The molecule has 1 saturated heterocycles. The summed E-state index contributed by atoms with van der Waals surface area (Å²) in [7, 11) is 0. The van der Waals surface area contributed by atoms with Gasteiger partial charge < -0.3 is 4.74 Å². The minimum atomic E-state index is 0.466. The number of epoxide rings is 1. The van der Waals surface area contributed by atoms with Crippen LogP contribution >= 0.6 is 12.6 Å². The highest BCUT2D eigenvalue weighted by molar-refractivity contribution is 7.80. The van der Waals surface area contributed by atoms with Crippen LogP contribution in [0.15, 0.2) is 0 Å². The highest BCUT2D eigenvalue weighted by Crippen LogP contribution is 2.20. The molecule has 0 radical (unpaired) electrons. The largest absolute Gasteiger partial charge is 0.369 e. The lowest BCUT2D eigenvalue weighted by molar-refractivity contribution is 0.391. The topological polar surface area (TPSA) is 12.5 Å². The van der Waals surface area contributed by atoms with Crippen molar-refractivity contribution in [3.05, 3.63) is 0 Å². The van der Waals surface area contributed by atoms with Gasteiger partial charge in [-0.05, 0) is 6.92 Å². The first-order valence-electron chi connectivity index (χ1n) is 2.11. The van der Waals surface area contributed by atoms with E-state index in [1.165, 1.54) is 0 Å². The number of rotatable bonds is 1. The minimum absolute atomic E-state index is 0.466. The fourth-order valence-corrected chi connectivity index (χ4v) is 0.805. The fraction of sp³-hybridized carbons (Fsp3) is 1.00. The van der Waals surface area contributed by atoms with Crippen molar-refractivity contribution in [2.45, 2.75) is 19.1 Å². The SMILES string of the molecule is CC1OC1CS. The van der Waals surface area contributed by atoms with Gasteiger partial charge in [0.05, 0.1) is 12.2 Å². The molecule has 0 aromatic heterocycles. The van der Waals surface area contributed by atoms with Crippen molar-refractivity contribution in [1.29, 1.82) is 0 Å². The predicted octanol–water partition coefficient (Wildman–Crippen LogP) is 0.704. The van der Waals surface area contributed by atoms with Crippen molar-refractivity contribution in [1.82, 2.24) is 0 Å². The number of hydrogen-bond acceptors (Lipinski definition) is 2. The molecule has 1 aliphatic heterocycles. The maximum absolute atomic E-state index is 4.99. The summed E-state index contributed by atoms with van der Waals surface area (Å²) < 4.78 is 4.99. The van der Waals surface area contributed by atoms with Gasteiger partial charge in [0.25, 0.3) is 0 Å². The molecule has 0 saturated carbocycles. The second-order valence-electron chi connectivity index (χ2n) is 1.56. The van der Waals surface area contributed by atoms with Crippen molar-refractivity contribution in [3.8, 4) is 0 Å². The molecule has 0 amide bonds. The Balaban J connectivity index is 2.09. The zero-order chi connectivity index (χ0) is 4.57. The third kappa shape index (κ3) is 0.684. The van der Waals surface area contributed by atoms with E-state index in [9.17, 15) is 0 Å². The van der Waals surface area contributed by atoms with Crippen LogP contribution in [0, 0.1) is 0 Å². The maximum Gasteiger partial charge on any atom is 0.0926 e. The molecule has 0 aliphatic carbocycles. The van der Waals surface area contributed by atoms with Crippen molar-refractivity contribution < 1.29 is 4.74 Å². The van der Waals surface area contributed by atoms with E-state index in [0.29, 0.717) is 12.2 Å². The van der Waals surface area contributed by atoms with Gasteiger partial charge in [-0.2, -0.15) is 12.6 Å². The summed E-state index contributed by atoms with van der Waals surface area (Å²) in [6.45, 7) is 2.06. The Morgan fingerprint density at radius 2 is 2.33 bits per heavy atom. The summed E-state index contributed by atoms with van der Waals surface area (Å²) in [6, 6.07) is 0. The molecule has 0 spiro atoms. The van der Waals surface area contributed by atoms with Gasteiger partial charge >= 0.3 is 0 Å². The normalized spacial score (nSPS) is 43.0. The van der Waals surface area contributed by atoms with Gasteiger partial charge in [-0.25, -0.2) is 0 Å². The van der Waals surface area contributed by atoms with Crippen LogP contribution in [0.25, 0.3) is 0 Å². The van der Waals surface area contributed by atoms with E-state index >= 15 is 0 Å². The summed E-state index contributed by atoms with van der Waals surface area (Å²) in [5.74, 6) is 0.876. The van der Waals surface area contributed by atoms with E-state index in [2.05, 4.69) is 19.6 Å². The van der Waals surface area contributed by atoms with Crippen LogP contribution in [0.2, 0.25) is 0 Å². The van der Waals surface area contributed by atoms with Crippen LogP contribution in [-0.4, -0.2) is 18.0 Å². The lowest BCUT2D eigenvalue weighted by Gasteiger charge is -1.71. The number of thiol groups is 1. The molecule has 1 heterocycles. The van der Waals surface area contributed by atoms with Gasteiger partial charge in [0, 0.05) is 5.75 Å². The van der Waals surface area contributed by atoms with E-state index < -0.39 is 0 Å². The molecule has 0 bridgehead atoms. The Bertz CT molecular complexity index is 53.5. The zero-order valence-corrected chi connectivity index (χ0v) is 4.61. The number of ether oxygens (including phenoxy) is 1. The van der Waals surface area contributed by atoms with E-state index in [1.54, 1.807) is 0 Å². The van der Waals surface area contributed by atoms with Crippen molar-refractivity contribution >= 4 is 12.6 Å². The lowest BCUT2D eigenvalue weighted by atomic mass is 10.4. The molecule has 1 nitrogen and oxygen atoms in total.